The molecule has 1 heterocycles. The molecule has 1 aliphatic rings. The van der Waals surface area contributed by atoms with E-state index in [9.17, 15) is 13.2 Å². The van der Waals surface area contributed by atoms with Crippen LogP contribution in [0.4, 0.5) is 0 Å². The van der Waals surface area contributed by atoms with Crippen molar-refractivity contribution in [1.29, 1.82) is 0 Å². The summed E-state index contributed by atoms with van der Waals surface area (Å²) < 4.78 is 28.0. The van der Waals surface area contributed by atoms with Gasteiger partial charge in [0.1, 0.15) is 0 Å². The second kappa shape index (κ2) is 7.32. The first-order chi connectivity index (χ1) is 10.7. The number of rotatable bonds is 3. The summed E-state index contributed by atoms with van der Waals surface area (Å²) in [5.74, 6) is 0.0241. The van der Waals surface area contributed by atoms with Crippen LogP contribution in [0.3, 0.4) is 0 Å². The second-order valence-electron chi connectivity index (χ2n) is 6.15. The van der Waals surface area contributed by atoms with Gasteiger partial charge in [0.05, 0.1) is 4.90 Å². The van der Waals surface area contributed by atoms with Crippen LogP contribution in [0, 0.1) is 12.8 Å². The Bertz CT molecular complexity index is 689. The summed E-state index contributed by atoms with van der Waals surface area (Å²) in [5.41, 5.74) is 0.887. The van der Waals surface area contributed by atoms with Gasteiger partial charge >= 0.3 is 0 Å². The van der Waals surface area contributed by atoms with E-state index in [0.717, 1.165) is 10.0 Å². The molecule has 7 heteroatoms. The topological polar surface area (TPSA) is 57.7 Å². The van der Waals surface area contributed by atoms with Crippen LogP contribution in [0.25, 0.3) is 0 Å². The molecule has 1 saturated heterocycles. The minimum Gasteiger partial charge on any atom is -0.341 e. The second-order valence-corrected chi connectivity index (χ2v) is 8.94. The average Bonchev–Trinajstić information content (AvgIpc) is 2.75. The van der Waals surface area contributed by atoms with Crippen LogP contribution in [-0.4, -0.2) is 49.7 Å². The van der Waals surface area contributed by atoms with Crippen molar-refractivity contribution in [2.45, 2.75) is 32.1 Å². The van der Waals surface area contributed by atoms with Crippen molar-refractivity contribution in [2.75, 3.05) is 26.2 Å². The number of carbonyl (C=O) groups is 1. The SMILES string of the molecule is Cc1cc(S(=O)(=O)N2CCCN(C(=O)C(C)C)CC2)ccc1Br. The Kier molecular flexibility index (Phi) is 5.86. The van der Waals surface area contributed by atoms with E-state index in [-0.39, 0.29) is 11.8 Å². The summed E-state index contributed by atoms with van der Waals surface area (Å²) in [6.45, 7) is 7.45. The molecular formula is C16H23BrN2O3S. The largest absolute Gasteiger partial charge is 0.341 e. The first-order valence-electron chi connectivity index (χ1n) is 7.78. The molecule has 0 saturated carbocycles. The van der Waals surface area contributed by atoms with E-state index in [1.54, 1.807) is 23.1 Å². The summed E-state index contributed by atoms with van der Waals surface area (Å²) in [5, 5.41) is 0. The monoisotopic (exact) mass is 402 g/mol. The van der Waals surface area contributed by atoms with Crippen LogP contribution in [-0.2, 0) is 14.8 Å². The molecule has 1 fully saturated rings. The highest BCUT2D eigenvalue weighted by Gasteiger charge is 2.29. The van der Waals surface area contributed by atoms with Crippen LogP contribution in [0.2, 0.25) is 0 Å². The van der Waals surface area contributed by atoms with E-state index in [1.165, 1.54) is 4.31 Å². The van der Waals surface area contributed by atoms with Crippen molar-refractivity contribution < 1.29 is 13.2 Å². The molecule has 0 bridgehead atoms. The van der Waals surface area contributed by atoms with E-state index >= 15 is 0 Å². The highest BCUT2D eigenvalue weighted by atomic mass is 79.9. The quantitative estimate of drug-likeness (QED) is 0.780. The van der Waals surface area contributed by atoms with Crippen LogP contribution < -0.4 is 0 Å². The van der Waals surface area contributed by atoms with Gasteiger partial charge in [-0.15, -0.1) is 0 Å². The summed E-state index contributed by atoms with van der Waals surface area (Å²) in [6, 6.07) is 5.06. The molecule has 1 aromatic rings. The van der Waals surface area contributed by atoms with E-state index in [1.807, 2.05) is 20.8 Å². The number of nitrogens with zero attached hydrogens (tertiary/aromatic N) is 2. The first kappa shape index (κ1) is 18.4. The standard InChI is InChI=1S/C16H23BrN2O3S/c1-12(2)16(20)18-7-4-8-19(10-9-18)23(21,22)14-5-6-15(17)13(3)11-14/h5-6,11-12H,4,7-10H2,1-3H3. The number of amides is 1. The number of aryl methyl sites for hydroxylation is 1. The Hall–Kier alpha value is -0.920. The summed E-state index contributed by atoms with van der Waals surface area (Å²) in [4.78, 5) is 14.2. The lowest BCUT2D eigenvalue weighted by Crippen LogP contribution is -2.38. The Morgan fingerprint density at radius 2 is 1.87 bits per heavy atom. The van der Waals surface area contributed by atoms with Gasteiger partial charge < -0.3 is 4.90 Å². The van der Waals surface area contributed by atoms with Crippen LogP contribution >= 0.6 is 15.9 Å². The van der Waals surface area contributed by atoms with Gasteiger partial charge in [-0.1, -0.05) is 29.8 Å². The molecule has 1 aromatic carbocycles. The van der Waals surface area contributed by atoms with Crippen LogP contribution in [0.1, 0.15) is 25.8 Å². The lowest BCUT2D eigenvalue weighted by molar-refractivity contribution is -0.134. The van der Waals surface area contributed by atoms with E-state index in [2.05, 4.69) is 15.9 Å². The fourth-order valence-corrected chi connectivity index (χ4v) is 4.45. The van der Waals surface area contributed by atoms with Crippen molar-refractivity contribution >= 4 is 31.9 Å². The lowest BCUT2D eigenvalue weighted by Gasteiger charge is -2.23. The van der Waals surface area contributed by atoms with Crippen molar-refractivity contribution in [3.8, 4) is 0 Å². The lowest BCUT2D eigenvalue weighted by atomic mass is 10.2. The molecular weight excluding hydrogens is 380 g/mol. The predicted octanol–water partition coefficient (Wildman–Crippen LogP) is 2.64. The smallest absolute Gasteiger partial charge is 0.243 e. The molecule has 0 aliphatic carbocycles. The Balaban J connectivity index is 2.18. The van der Waals surface area contributed by atoms with Crippen molar-refractivity contribution in [1.82, 2.24) is 9.21 Å². The molecule has 5 nitrogen and oxygen atoms in total. The highest BCUT2D eigenvalue weighted by Crippen LogP contribution is 2.23. The van der Waals surface area contributed by atoms with E-state index < -0.39 is 10.0 Å². The maximum Gasteiger partial charge on any atom is 0.243 e. The third kappa shape index (κ3) is 4.14. The Morgan fingerprint density at radius 1 is 1.17 bits per heavy atom. The molecule has 0 spiro atoms. The van der Waals surface area contributed by atoms with Crippen LogP contribution in [0.5, 0.6) is 0 Å². The normalized spacial score (nSPS) is 17.3. The van der Waals surface area contributed by atoms with Crippen LogP contribution in [0.15, 0.2) is 27.6 Å². The summed E-state index contributed by atoms with van der Waals surface area (Å²) >= 11 is 3.39. The van der Waals surface area contributed by atoms with E-state index in [0.29, 0.717) is 37.5 Å². The molecule has 2 rings (SSSR count). The van der Waals surface area contributed by atoms with Gasteiger partial charge in [-0.25, -0.2) is 8.42 Å². The number of benzene rings is 1. The molecule has 23 heavy (non-hydrogen) atoms. The molecule has 128 valence electrons. The highest BCUT2D eigenvalue weighted by molar-refractivity contribution is 9.10. The van der Waals surface area contributed by atoms with Gasteiger partial charge in [0.15, 0.2) is 0 Å². The van der Waals surface area contributed by atoms with Crippen molar-refractivity contribution in [3.05, 3.63) is 28.2 Å². The van der Waals surface area contributed by atoms with Gasteiger partial charge in [0.2, 0.25) is 15.9 Å². The van der Waals surface area contributed by atoms with E-state index in [4.69, 9.17) is 0 Å². The number of sulfonamides is 1. The fraction of sp³-hybridized carbons (Fsp3) is 0.562. The third-order valence-corrected chi connectivity index (χ3v) is 6.81. The van der Waals surface area contributed by atoms with Gasteiger partial charge in [-0.05, 0) is 37.1 Å². The molecule has 1 aliphatic heterocycles. The fourth-order valence-electron chi connectivity index (χ4n) is 2.65. The zero-order chi connectivity index (χ0) is 17.2. The number of hydrogen-bond acceptors (Lipinski definition) is 3. The number of hydrogen-bond donors (Lipinski definition) is 0. The zero-order valence-electron chi connectivity index (χ0n) is 13.8. The third-order valence-electron chi connectivity index (χ3n) is 4.03. The molecule has 0 radical (unpaired) electrons. The summed E-state index contributed by atoms with van der Waals surface area (Å²) in [6.07, 6.45) is 0.660. The molecule has 0 atom stereocenters. The van der Waals surface area contributed by atoms with Crippen molar-refractivity contribution in [2.24, 2.45) is 5.92 Å². The minimum absolute atomic E-state index is 0.0627. The van der Waals surface area contributed by atoms with Crippen molar-refractivity contribution in [3.63, 3.8) is 0 Å². The molecule has 0 aromatic heterocycles. The van der Waals surface area contributed by atoms with Gasteiger partial charge in [0.25, 0.3) is 0 Å². The predicted molar refractivity (Wildman–Crippen MR) is 93.7 cm³/mol. The molecule has 0 unspecified atom stereocenters. The van der Waals surface area contributed by atoms with Gasteiger partial charge in [0, 0.05) is 36.6 Å². The maximum absolute atomic E-state index is 12.8. The average molecular weight is 403 g/mol. The number of carbonyl (C=O) groups excluding carboxylic acids is 1. The first-order valence-corrected chi connectivity index (χ1v) is 10.0. The molecule has 0 N–H and O–H groups in total. The summed E-state index contributed by atoms with van der Waals surface area (Å²) in [7, 11) is -3.52. The maximum atomic E-state index is 12.8. The Morgan fingerprint density at radius 3 is 2.48 bits per heavy atom. The molecule has 1 amide bonds. The Labute approximate surface area is 146 Å². The zero-order valence-corrected chi connectivity index (χ0v) is 16.2. The van der Waals surface area contributed by atoms with Gasteiger partial charge in [-0.3, -0.25) is 4.79 Å². The minimum atomic E-state index is -3.52. The van der Waals surface area contributed by atoms with Gasteiger partial charge in [-0.2, -0.15) is 4.31 Å². The number of halogens is 1.